The molecule has 3 rings (SSSR count). The zero-order valence-electron chi connectivity index (χ0n) is 9.89. The first kappa shape index (κ1) is 10.5. The lowest BCUT2D eigenvalue weighted by atomic mass is 10.1. The van der Waals surface area contributed by atoms with Crippen LogP contribution in [-0.2, 0) is 19.5 Å². The van der Waals surface area contributed by atoms with E-state index in [-0.39, 0.29) is 0 Å². The van der Waals surface area contributed by atoms with Gasteiger partial charge in [0, 0.05) is 19.3 Å². The minimum absolute atomic E-state index is 0.851. The van der Waals surface area contributed by atoms with Crippen LogP contribution in [0.5, 0.6) is 0 Å². The van der Waals surface area contributed by atoms with E-state index in [2.05, 4.69) is 14.9 Å². The van der Waals surface area contributed by atoms with E-state index in [0.717, 1.165) is 43.3 Å². The fraction of sp³-hybridized carbons (Fsp3) is 0.385. The number of fused-ring (bicyclic) bond motifs is 1. The van der Waals surface area contributed by atoms with Gasteiger partial charge in [0.2, 0.25) is 0 Å². The molecule has 17 heavy (non-hydrogen) atoms. The molecule has 0 N–H and O–H groups in total. The molecule has 1 aliphatic rings. The Morgan fingerprint density at radius 2 is 2.41 bits per heavy atom. The standard InChI is InChI=1S/C13H15N3O/c1-10-14-7-11-4-5-16(9-13(11)15-10)8-12-3-2-6-17-12/h2-3,6-7H,4-5,8-9H2,1H3. The summed E-state index contributed by atoms with van der Waals surface area (Å²) in [5.41, 5.74) is 2.45. The summed E-state index contributed by atoms with van der Waals surface area (Å²) in [6.45, 7) is 4.72. The first-order valence-electron chi connectivity index (χ1n) is 5.87. The van der Waals surface area contributed by atoms with Crippen molar-refractivity contribution in [1.29, 1.82) is 0 Å². The van der Waals surface area contributed by atoms with Crippen LogP contribution in [0.2, 0.25) is 0 Å². The molecule has 0 atom stereocenters. The van der Waals surface area contributed by atoms with Crippen molar-refractivity contribution in [2.75, 3.05) is 6.54 Å². The van der Waals surface area contributed by atoms with E-state index in [9.17, 15) is 0 Å². The van der Waals surface area contributed by atoms with Gasteiger partial charge in [-0.3, -0.25) is 4.90 Å². The molecule has 3 heterocycles. The van der Waals surface area contributed by atoms with Crippen molar-refractivity contribution in [3.8, 4) is 0 Å². The Morgan fingerprint density at radius 1 is 1.47 bits per heavy atom. The number of aryl methyl sites for hydroxylation is 1. The molecule has 0 aromatic carbocycles. The van der Waals surface area contributed by atoms with Gasteiger partial charge in [-0.15, -0.1) is 0 Å². The highest BCUT2D eigenvalue weighted by molar-refractivity contribution is 5.20. The summed E-state index contributed by atoms with van der Waals surface area (Å²) in [6.07, 6.45) is 4.71. The van der Waals surface area contributed by atoms with Crippen molar-refractivity contribution in [1.82, 2.24) is 14.9 Å². The topological polar surface area (TPSA) is 42.2 Å². The molecule has 0 spiro atoms. The summed E-state index contributed by atoms with van der Waals surface area (Å²) in [5.74, 6) is 1.86. The molecule has 4 nitrogen and oxygen atoms in total. The van der Waals surface area contributed by atoms with Crippen molar-refractivity contribution < 1.29 is 4.42 Å². The van der Waals surface area contributed by atoms with Gasteiger partial charge in [-0.1, -0.05) is 0 Å². The van der Waals surface area contributed by atoms with E-state index in [1.165, 1.54) is 5.56 Å². The Morgan fingerprint density at radius 3 is 3.24 bits per heavy atom. The zero-order valence-corrected chi connectivity index (χ0v) is 9.89. The van der Waals surface area contributed by atoms with E-state index >= 15 is 0 Å². The second kappa shape index (κ2) is 4.30. The van der Waals surface area contributed by atoms with E-state index in [0.29, 0.717) is 0 Å². The summed E-state index contributed by atoms with van der Waals surface area (Å²) < 4.78 is 5.37. The molecule has 0 unspecified atom stereocenters. The quantitative estimate of drug-likeness (QED) is 0.789. The number of hydrogen-bond donors (Lipinski definition) is 0. The van der Waals surface area contributed by atoms with Gasteiger partial charge in [0.05, 0.1) is 18.5 Å². The van der Waals surface area contributed by atoms with Crippen LogP contribution in [0.1, 0.15) is 22.8 Å². The third-order valence-electron chi connectivity index (χ3n) is 3.10. The van der Waals surface area contributed by atoms with E-state index in [1.807, 2.05) is 25.3 Å². The predicted octanol–water partition coefficient (Wildman–Crippen LogP) is 1.94. The molecular formula is C13H15N3O. The first-order valence-corrected chi connectivity index (χ1v) is 5.87. The molecule has 0 amide bonds. The van der Waals surface area contributed by atoms with Gasteiger partial charge >= 0.3 is 0 Å². The fourth-order valence-corrected chi connectivity index (χ4v) is 2.21. The number of hydrogen-bond acceptors (Lipinski definition) is 4. The molecule has 0 fully saturated rings. The lowest BCUT2D eigenvalue weighted by Gasteiger charge is -2.26. The molecule has 0 aliphatic carbocycles. The number of rotatable bonds is 2. The Balaban J connectivity index is 1.76. The van der Waals surface area contributed by atoms with Gasteiger partial charge in [0.1, 0.15) is 11.6 Å². The maximum atomic E-state index is 5.37. The molecule has 2 aromatic heterocycles. The third-order valence-corrected chi connectivity index (χ3v) is 3.10. The predicted molar refractivity (Wildman–Crippen MR) is 63.3 cm³/mol. The van der Waals surface area contributed by atoms with Gasteiger partial charge in [-0.05, 0) is 31.0 Å². The average molecular weight is 229 g/mol. The van der Waals surface area contributed by atoms with Crippen LogP contribution in [0.3, 0.4) is 0 Å². The van der Waals surface area contributed by atoms with Gasteiger partial charge in [-0.25, -0.2) is 9.97 Å². The van der Waals surface area contributed by atoms with Crippen LogP contribution in [0, 0.1) is 6.92 Å². The molecule has 4 heteroatoms. The minimum atomic E-state index is 0.851. The molecular weight excluding hydrogens is 214 g/mol. The van der Waals surface area contributed by atoms with Crippen molar-refractivity contribution >= 4 is 0 Å². The molecule has 2 aromatic rings. The Bertz CT molecular complexity index is 507. The Kier molecular flexibility index (Phi) is 2.65. The van der Waals surface area contributed by atoms with Crippen LogP contribution >= 0.6 is 0 Å². The Hall–Kier alpha value is -1.68. The number of furan rings is 1. The normalized spacial score (nSPS) is 15.8. The average Bonchev–Trinajstić information content (AvgIpc) is 2.81. The van der Waals surface area contributed by atoms with E-state index in [1.54, 1.807) is 6.26 Å². The van der Waals surface area contributed by atoms with Crippen molar-refractivity contribution in [3.05, 3.63) is 47.4 Å². The smallest absolute Gasteiger partial charge is 0.125 e. The molecule has 88 valence electrons. The molecule has 0 bridgehead atoms. The molecule has 0 radical (unpaired) electrons. The largest absolute Gasteiger partial charge is 0.468 e. The second-order valence-electron chi connectivity index (χ2n) is 4.43. The van der Waals surface area contributed by atoms with Gasteiger partial charge < -0.3 is 4.42 Å². The summed E-state index contributed by atoms with van der Waals surface area (Å²) >= 11 is 0. The summed E-state index contributed by atoms with van der Waals surface area (Å²) in [6, 6.07) is 3.94. The summed E-state index contributed by atoms with van der Waals surface area (Å²) in [7, 11) is 0. The maximum Gasteiger partial charge on any atom is 0.125 e. The van der Waals surface area contributed by atoms with Gasteiger partial charge in [-0.2, -0.15) is 0 Å². The highest BCUT2D eigenvalue weighted by Crippen LogP contribution is 2.18. The first-order chi connectivity index (χ1) is 8.31. The number of aromatic nitrogens is 2. The monoisotopic (exact) mass is 229 g/mol. The lowest BCUT2D eigenvalue weighted by Crippen LogP contribution is -2.31. The van der Waals surface area contributed by atoms with Gasteiger partial charge in [0.25, 0.3) is 0 Å². The summed E-state index contributed by atoms with van der Waals surface area (Å²) in [4.78, 5) is 11.1. The van der Waals surface area contributed by atoms with Crippen LogP contribution < -0.4 is 0 Å². The SMILES string of the molecule is Cc1ncc2c(n1)CN(Cc1ccco1)CC2. The van der Waals surface area contributed by atoms with Crippen LogP contribution in [0.25, 0.3) is 0 Å². The highest BCUT2D eigenvalue weighted by Gasteiger charge is 2.18. The zero-order chi connectivity index (χ0) is 11.7. The van der Waals surface area contributed by atoms with E-state index in [4.69, 9.17) is 4.42 Å². The Labute approximate surface area is 100 Å². The van der Waals surface area contributed by atoms with E-state index < -0.39 is 0 Å². The van der Waals surface area contributed by atoms with Gasteiger partial charge in [0.15, 0.2) is 0 Å². The molecule has 1 aliphatic heterocycles. The van der Waals surface area contributed by atoms with Crippen molar-refractivity contribution in [3.63, 3.8) is 0 Å². The maximum absolute atomic E-state index is 5.37. The van der Waals surface area contributed by atoms with Crippen molar-refractivity contribution in [2.45, 2.75) is 26.4 Å². The van der Waals surface area contributed by atoms with Crippen molar-refractivity contribution in [2.24, 2.45) is 0 Å². The molecule has 0 saturated carbocycles. The fourth-order valence-electron chi connectivity index (χ4n) is 2.21. The molecule has 0 saturated heterocycles. The third kappa shape index (κ3) is 2.22. The minimum Gasteiger partial charge on any atom is -0.468 e. The summed E-state index contributed by atoms with van der Waals surface area (Å²) in [5, 5.41) is 0. The highest BCUT2D eigenvalue weighted by atomic mass is 16.3. The van der Waals surface area contributed by atoms with Crippen LogP contribution in [-0.4, -0.2) is 21.4 Å². The van der Waals surface area contributed by atoms with Crippen LogP contribution in [0.4, 0.5) is 0 Å². The van der Waals surface area contributed by atoms with Crippen LogP contribution in [0.15, 0.2) is 29.0 Å². The lowest BCUT2D eigenvalue weighted by molar-refractivity contribution is 0.221. The second-order valence-corrected chi connectivity index (χ2v) is 4.43. The number of nitrogens with zero attached hydrogens (tertiary/aromatic N) is 3.